The third kappa shape index (κ3) is 7.81. The number of carbonyl (C=O) groups is 4. The smallest absolute Gasteiger partial charge is 0.244 e. The molecule has 0 saturated carbocycles. The minimum Gasteiger partial charge on any atom is -0.344 e. The van der Waals surface area contributed by atoms with Gasteiger partial charge in [-0.2, -0.15) is 0 Å². The number of benzene rings is 2. The lowest BCUT2D eigenvalue weighted by molar-refractivity contribution is -0.137. The van der Waals surface area contributed by atoms with Gasteiger partial charge in [0.05, 0.1) is 0 Å². The first kappa shape index (κ1) is 31.3. The molecule has 0 bridgehead atoms. The Hall–Kier alpha value is -3.60. The van der Waals surface area contributed by atoms with Crippen molar-refractivity contribution in [2.45, 2.75) is 75.9 Å². The summed E-state index contributed by atoms with van der Waals surface area (Å²) in [4.78, 5) is 52.6. The average Bonchev–Trinajstić information content (AvgIpc) is 3.70. The number of aldehydes is 1. The third-order valence-electron chi connectivity index (χ3n) is 8.04. The van der Waals surface area contributed by atoms with E-state index in [1.807, 2.05) is 66.9 Å². The third-order valence-corrected chi connectivity index (χ3v) is 9.05. The van der Waals surface area contributed by atoms with E-state index < -0.39 is 35.2 Å². The zero-order chi connectivity index (χ0) is 30.0. The molecule has 1 unspecified atom stereocenters. The molecule has 3 aromatic rings. The van der Waals surface area contributed by atoms with Gasteiger partial charge in [0.15, 0.2) is 0 Å². The number of fused-ring (bicyclic) bond motifs is 1. The van der Waals surface area contributed by atoms with Crippen LogP contribution in [0.15, 0.2) is 60.0 Å². The van der Waals surface area contributed by atoms with E-state index in [1.54, 1.807) is 16.8 Å². The summed E-state index contributed by atoms with van der Waals surface area (Å²) >= 11 is 1.56. The minimum absolute atomic E-state index is 0.198. The lowest BCUT2D eigenvalue weighted by Crippen LogP contribution is -2.65. The molecule has 42 heavy (non-hydrogen) atoms. The van der Waals surface area contributed by atoms with Gasteiger partial charge in [-0.15, -0.1) is 11.3 Å². The molecule has 1 saturated heterocycles. The highest BCUT2D eigenvalue weighted by atomic mass is 32.1. The van der Waals surface area contributed by atoms with E-state index in [2.05, 4.69) is 16.0 Å². The standard InChI is InChI=1S/C32H40N4O5S/c1-2-3-12-23(18-29(38)36-41)30(39)34-26(17-24-20-42-27-14-8-7-13-25(24)27)31(40)35-32(21-37,28-15-9-16-33-28)19-22-10-5-4-6-11-22/h4-8,10-11,13-14,20-21,23,26,28,33,41H,2-3,9,12,15-19H2,1H3,(H,34,39)(H,35,40)(H,36,38)/t23-,26+,28?,32-/m1/s1. The molecule has 224 valence electrons. The average molecular weight is 593 g/mol. The van der Waals surface area contributed by atoms with Crippen molar-refractivity contribution in [2.24, 2.45) is 5.92 Å². The fraction of sp³-hybridized carbons (Fsp3) is 0.438. The van der Waals surface area contributed by atoms with Crippen molar-refractivity contribution in [1.82, 2.24) is 21.4 Å². The fourth-order valence-corrected chi connectivity index (χ4v) is 6.71. The first-order valence-corrected chi connectivity index (χ1v) is 15.5. The van der Waals surface area contributed by atoms with Gasteiger partial charge in [0.2, 0.25) is 17.7 Å². The molecular formula is C32H40N4O5S. The van der Waals surface area contributed by atoms with Crippen LogP contribution in [-0.2, 0) is 32.0 Å². The Labute approximate surface area is 250 Å². The molecule has 1 aliphatic rings. The van der Waals surface area contributed by atoms with Crippen LogP contribution in [-0.4, -0.2) is 53.4 Å². The fourth-order valence-electron chi connectivity index (χ4n) is 5.74. The monoisotopic (exact) mass is 592 g/mol. The summed E-state index contributed by atoms with van der Waals surface area (Å²) in [6.45, 7) is 2.74. The molecule has 0 radical (unpaired) electrons. The van der Waals surface area contributed by atoms with Crippen molar-refractivity contribution in [1.29, 1.82) is 0 Å². The highest BCUT2D eigenvalue weighted by Gasteiger charge is 2.43. The van der Waals surface area contributed by atoms with Crippen LogP contribution in [0.2, 0.25) is 0 Å². The molecule has 1 fully saturated rings. The second kappa shape index (κ2) is 15.0. The van der Waals surface area contributed by atoms with Crippen LogP contribution >= 0.6 is 11.3 Å². The van der Waals surface area contributed by atoms with Gasteiger partial charge in [0, 0.05) is 35.9 Å². The van der Waals surface area contributed by atoms with Crippen molar-refractivity contribution in [3.8, 4) is 0 Å². The zero-order valence-corrected chi connectivity index (χ0v) is 24.8. The summed E-state index contributed by atoms with van der Waals surface area (Å²) < 4.78 is 1.07. The Morgan fingerprint density at radius 2 is 1.88 bits per heavy atom. The topological polar surface area (TPSA) is 137 Å². The largest absolute Gasteiger partial charge is 0.344 e. The van der Waals surface area contributed by atoms with Crippen LogP contribution < -0.4 is 21.4 Å². The Balaban J connectivity index is 1.65. The molecule has 1 aliphatic heterocycles. The lowest BCUT2D eigenvalue weighted by atomic mass is 9.83. The summed E-state index contributed by atoms with van der Waals surface area (Å²) in [5, 5.41) is 21.4. The summed E-state index contributed by atoms with van der Waals surface area (Å²) in [5.74, 6) is -2.28. The van der Waals surface area contributed by atoms with Crippen LogP contribution in [0.1, 0.15) is 56.6 Å². The summed E-state index contributed by atoms with van der Waals surface area (Å²) in [6.07, 6.45) is 4.73. The number of carbonyl (C=O) groups excluding carboxylic acids is 4. The second-order valence-corrected chi connectivity index (χ2v) is 12.0. The predicted molar refractivity (Wildman–Crippen MR) is 163 cm³/mol. The molecule has 9 nitrogen and oxygen atoms in total. The van der Waals surface area contributed by atoms with Gasteiger partial charge < -0.3 is 20.7 Å². The number of nitrogens with one attached hydrogen (secondary N) is 4. The van der Waals surface area contributed by atoms with Crippen molar-refractivity contribution in [3.63, 3.8) is 0 Å². The Bertz CT molecular complexity index is 1360. The number of hydrogen-bond donors (Lipinski definition) is 5. The Morgan fingerprint density at radius 3 is 2.57 bits per heavy atom. The first-order chi connectivity index (χ1) is 20.4. The highest BCUT2D eigenvalue weighted by Crippen LogP contribution is 2.28. The molecule has 2 aromatic carbocycles. The van der Waals surface area contributed by atoms with Gasteiger partial charge in [0.1, 0.15) is 17.9 Å². The number of unbranched alkanes of at least 4 members (excludes halogenated alkanes) is 1. The summed E-state index contributed by atoms with van der Waals surface area (Å²) in [5.41, 5.74) is 2.22. The van der Waals surface area contributed by atoms with Gasteiger partial charge in [0.25, 0.3) is 0 Å². The van der Waals surface area contributed by atoms with Gasteiger partial charge in [-0.3, -0.25) is 19.6 Å². The molecule has 0 aliphatic carbocycles. The Morgan fingerprint density at radius 1 is 1.12 bits per heavy atom. The predicted octanol–water partition coefficient (Wildman–Crippen LogP) is 3.68. The molecule has 1 aromatic heterocycles. The number of hydrogen-bond acceptors (Lipinski definition) is 7. The van der Waals surface area contributed by atoms with Crippen molar-refractivity contribution < 1.29 is 24.4 Å². The van der Waals surface area contributed by atoms with Crippen LogP contribution in [0.3, 0.4) is 0 Å². The molecular weight excluding hydrogens is 552 g/mol. The maximum absolute atomic E-state index is 14.1. The maximum Gasteiger partial charge on any atom is 0.244 e. The second-order valence-electron chi connectivity index (χ2n) is 11.1. The molecule has 5 N–H and O–H groups in total. The van der Waals surface area contributed by atoms with E-state index in [9.17, 15) is 19.2 Å². The van der Waals surface area contributed by atoms with Gasteiger partial charge in [-0.05, 0) is 53.8 Å². The normalized spacial score (nSPS) is 17.6. The van der Waals surface area contributed by atoms with E-state index in [4.69, 9.17) is 5.21 Å². The number of hydroxylamine groups is 1. The maximum atomic E-state index is 14.1. The zero-order valence-electron chi connectivity index (χ0n) is 23.9. The van der Waals surface area contributed by atoms with E-state index in [-0.39, 0.29) is 18.9 Å². The molecule has 0 spiro atoms. The van der Waals surface area contributed by atoms with Crippen LogP contribution in [0.5, 0.6) is 0 Å². The van der Waals surface area contributed by atoms with Crippen molar-refractivity contribution in [3.05, 3.63) is 71.1 Å². The van der Waals surface area contributed by atoms with Crippen molar-refractivity contribution in [2.75, 3.05) is 6.54 Å². The van der Waals surface area contributed by atoms with Crippen LogP contribution in [0, 0.1) is 5.92 Å². The molecule has 4 rings (SSSR count). The molecule has 10 heteroatoms. The number of rotatable bonds is 15. The van der Waals surface area contributed by atoms with Gasteiger partial charge in [-0.1, -0.05) is 68.3 Å². The molecule has 3 amide bonds. The quantitative estimate of drug-likeness (QED) is 0.104. The van der Waals surface area contributed by atoms with E-state index in [1.165, 1.54) is 0 Å². The lowest BCUT2D eigenvalue weighted by Gasteiger charge is -2.37. The first-order valence-electron chi connectivity index (χ1n) is 14.6. The number of amides is 3. The van der Waals surface area contributed by atoms with E-state index in [0.717, 1.165) is 53.3 Å². The minimum atomic E-state index is -1.22. The Kier molecular flexibility index (Phi) is 11.2. The SMILES string of the molecule is CCCC[C@H](CC(=O)NO)C(=O)N[C@@H](Cc1csc2ccccc12)C(=O)N[C@@](C=O)(Cc1ccccc1)C1CCCN1. The van der Waals surface area contributed by atoms with Crippen LogP contribution in [0.25, 0.3) is 10.1 Å². The molecule has 2 heterocycles. The molecule has 4 atom stereocenters. The summed E-state index contributed by atoms with van der Waals surface area (Å²) in [7, 11) is 0. The highest BCUT2D eigenvalue weighted by molar-refractivity contribution is 7.17. The van der Waals surface area contributed by atoms with Gasteiger partial charge in [-0.25, -0.2) is 5.48 Å². The van der Waals surface area contributed by atoms with Crippen LogP contribution in [0.4, 0.5) is 0 Å². The van der Waals surface area contributed by atoms with E-state index >= 15 is 0 Å². The van der Waals surface area contributed by atoms with Gasteiger partial charge >= 0.3 is 0 Å². The summed E-state index contributed by atoms with van der Waals surface area (Å²) in [6, 6.07) is 16.2. The number of thiophene rings is 1. The van der Waals surface area contributed by atoms with E-state index in [0.29, 0.717) is 19.3 Å². The van der Waals surface area contributed by atoms with Crippen molar-refractivity contribution >= 4 is 45.4 Å².